The van der Waals surface area contributed by atoms with E-state index in [0.29, 0.717) is 5.92 Å². The molecular formula is C72H70N2O2. The summed E-state index contributed by atoms with van der Waals surface area (Å²) < 4.78 is 18.0. The second kappa shape index (κ2) is 20.0. The van der Waals surface area contributed by atoms with Crippen LogP contribution in [0.3, 0.4) is 0 Å². The second-order valence-electron chi connectivity index (χ2n) is 23.1. The molecule has 4 heteroatoms. The molecule has 1 unspecified atom stereocenters. The summed E-state index contributed by atoms with van der Waals surface area (Å²) in [6.07, 6.45) is 18.4. The summed E-state index contributed by atoms with van der Waals surface area (Å²) in [6, 6.07) is 61.4. The van der Waals surface area contributed by atoms with E-state index in [-0.39, 0.29) is 10.8 Å². The number of rotatable bonds is 18. The molecule has 1 atom stereocenters. The number of aromatic nitrogens is 2. The molecule has 0 aliphatic carbocycles. The summed E-state index contributed by atoms with van der Waals surface area (Å²) in [6.45, 7) is 19.5. The predicted octanol–water partition coefficient (Wildman–Crippen LogP) is 21.6. The number of nitrogens with zero attached hydrogens (tertiary/aromatic N) is 2. The van der Waals surface area contributed by atoms with Crippen LogP contribution in [0.5, 0.6) is 0 Å². The summed E-state index contributed by atoms with van der Waals surface area (Å²) in [5.74, 6) is 0.377. The second-order valence-corrected chi connectivity index (χ2v) is 23.1. The zero-order valence-corrected chi connectivity index (χ0v) is 45.3. The Hall–Kier alpha value is -7.82. The first-order chi connectivity index (χ1) is 37.0. The number of hydrogen-bond acceptors (Lipinski definition) is 2. The first kappa shape index (κ1) is 49.1. The van der Waals surface area contributed by atoms with Crippen molar-refractivity contribution in [3.8, 4) is 11.4 Å². The number of unbranched alkanes of at least 4 members (excludes halogenated alkanes) is 4. The molecule has 8 aromatic carbocycles. The highest BCUT2D eigenvalue weighted by Gasteiger charge is 2.32. The summed E-state index contributed by atoms with van der Waals surface area (Å²) in [7, 11) is 0. The van der Waals surface area contributed by atoms with Crippen LogP contribution >= 0.6 is 0 Å². The summed E-state index contributed by atoms with van der Waals surface area (Å²) >= 11 is 0. The van der Waals surface area contributed by atoms with Gasteiger partial charge in [-0.05, 0) is 149 Å². The Bertz CT molecular complexity index is 4110. The third-order valence-electron chi connectivity index (χ3n) is 16.8. The fraction of sp³-hybridized carbons (Fsp3) is 0.250. The van der Waals surface area contributed by atoms with Gasteiger partial charge >= 0.3 is 0 Å². The number of allylic oxidation sites excluding steroid dienone is 5. The van der Waals surface area contributed by atoms with E-state index in [2.05, 4.69) is 239 Å². The molecule has 4 heterocycles. The van der Waals surface area contributed by atoms with Gasteiger partial charge in [-0.1, -0.05) is 184 Å². The van der Waals surface area contributed by atoms with Crippen molar-refractivity contribution in [1.82, 2.24) is 9.13 Å². The van der Waals surface area contributed by atoms with Crippen molar-refractivity contribution < 1.29 is 8.83 Å². The number of hydrogen-bond donors (Lipinski definition) is 0. The molecule has 0 aliphatic rings. The van der Waals surface area contributed by atoms with Crippen molar-refractivity contribution >= 4 is 98.6 Å². The van der Waals surface area contributed by atoms with Crippen LogP contribution in [0.4, 0.5) is 0 Å². The summed E-state index contributed by atoms with van der Waals surface area (Å²) in [5, 5.41) is 9.35. The molecule has 0 N–H and O–H groups in total. The summed E-state index contributed by atoms with van der Waals surface area (Å²) in [5.41, 5.74) is 15.1. The maximum atomic E-state index is 6.64. The first-order valence-electron chi connectivity index (χ1n) is 28.0. The van der Waals surface area contributed by atoms with Crippen LogP contribution in [0.25, 0.3) is 110 Å². The van der Waals surface area contributed by atoms with Crippen LogP contribution in [0, 0.1) is 16.7 Å². The van der Waals surface area contributed by atoms with E-state index in [1.165, 1.54) is 95.0 Å². The smallest absolute Gasteiger partial charge is 0.135 e. The van der Waals surface area contributed by atoms with Gasteiger partial charge in [-0.15, -0.1) is 0 Å². The van der Waals surface area contributed by atoms with Gasteiger partial charge in [0.25, 0.3) is 0 Å². The van der Waals surface area contributed by atoms with Gasteiger partial charge in [0.15, 0.2) is 0 Å². The fourth-order valence-electron chi connectivity index (χ4n) is 12.5. The highest BCUT2D eigenvalue weighted by atomic mass is 16.3. The molecule has 0 saturated heterocycles. The maximum absolute atomic E-state index is 6.64. The lowest BCUT2D eigenvalue weighted by molar-refractivity contribution is 0.153. The zero-order valence-electron chi connectivity index (χ0n) is 45.3. The first-order valence-corrected chi connectivity index (χ1v) is 28.0. The van der Waals surface area contributed by atoms with Gasteiger partial charge in [-0.3, -0.25) is 0 Å². The van der Waals surface area contributed by atoms with E-state index in [9.17, 15) is 0 Å². The van der Waals surface area contributed by atoms with Crippen molar-refractivity contribution in [3.63, 3.8) is 0 Å². The summed E-state index contributed by atoms with van der Waals surface area (Å²) in [4.78, 5) is 0. The van der Waals surface area contributed by atoms with Crippen LogP contribution in [0.15, 0.2) is 203 Å². The molecule has 0 amide bonds. The van der Waals surface area contributed by atoms with Crippen molar-refractivity contribution in [2.45, 2.75) is 99.3 Å². The monoisotopic (exact) mass is 995 g/mol. The normalized spacial score (nSPS) is 13.4. The van der Waals surface area contributed by atoms with Gasteiger partial charge in [-0.25, -0.2) is 0 Å². The topological polar surface area (TPSA) is 36.1 Å². The number of fused-ring (bicyclic) bond motifs is 12. The Morgan fingerprint density at radius 1 is 0.474 bits per heavy atom. The minimum Gasteiger partial charge on any atom is -0.456 e. The lowest BCUT2D eigenvalue weighted by atomic mass is 9.67. The van der Waals surface area contributed by atoms with Crippen LogP contribution in [-0.2, 0) is 0 Å². The molecule has 4 nitrogen and oxygen atoms in total. The molecule has 12 rings (SSSR count). The van der Waals surface area contributed by atoms with E-state index in [4.69, 9.17) is 15.4 Å². The van der Waals surface area contributed by atoms with Gasteiger partial charge in [0.05, 0.1) is 22.1 Å². The lowest BCUT2D eigenvalue weighted by Gasteiger charge is -2.38. The van der Waals surface area contributed by atoms with E-state index >= 15 is 0 Å². The quantitative estimate of drug-likeness (QED) is 0.0634. The molecule has 4 aromatic heterocycles. The number of benzene rings is 8. The third kappa shape index (κ3) is 9.06. The average Bonchev–Trinajstić information content (AvgIpc) is 4.20. The van der Waals surface area contributed by atoms with Gasteiger partial charge in [0.1, 0.15) is 22.3 Å². The van der Waals surface area contributed by atoms with Crippen LogP contribution in [0.2, 0.25) is 0 Å². The van der Waals surface area contributed by atoms with Gasteiger partial charge < -0.3 is 18.0 Å². The largest absolute Gasteiger partial charge is 0.456 e. The fourth-order valence-corrected chi connectivity index (χ4v) is 12.5. The van der Waals surface area contributed by atoms with Gasteiger partial charge in [0, 0.05) is 54.5 Å². The molecule has 0 spiro atoms. The lowest BCUT2D eigenvalue weighted by Crippen LogP contribution is -2.28. The molecule has 0 fully saturated rings. The molecule has 0 bridgehead atoms. The SMILES string of the molecule is C=C(/C=C(\C=C\C(CC(C)(C)CCCCC)C(C)(C)CCCCC)c1ccc2oc3ccc(-n4c5ccccc5c5ccccc54)cc3c2c1)c1ccc2oc3ccc(-n4c5ccccc5c5ccccc54)cc3c2c1. The molecule has 0 saturated carbocycles. The van der Waals surface area contributed by atoms with Crippen LogP contribution < -0.4 is 0 Å². The van der Waals surface area contributed by atoms with Crippen molar-refractivity contribution in [2.24, 2.45) is 16.7 Å². The molecule has 0 radical (unpaired) electrons. The average molecular weight is 995 g/mol. The van der Waals surface area contributed by atoms with Gasteiger partial charge in [-0.2, -0.15) is 0 Å². The van der Waals surface area contributed by atoms with Crippen molar-refractivity contribution in [1.29, 1.82) is 0 Å². The Labute approximate surface area is 447 Å². The van der Waals surface area contributed by atoms with E-state index < -0.39 is 0 Å². The molecule has 380 valence electrons. The minimum atomic E-state index is 0.120. The number of para-hydroxylation sites is 4. The molecule has 12 aromatic rings. The zero-order chi connectivity index (χ0) is 52.1. The van der Waals surface area contributed by atoms with Crippen molar-refractivity contribution in [2.75, 3.05) is 0 Å². The Balaban J connectivity index is 0.980. The van der Waals surface area contributed by atoms with Gasteiger partial charge in [0.2, 0.25) is 0 Å². The third-order valence-corrected chi connectivity index (χ3v) is 16.8. The number of furan rings is 2. The maximum Gasteiger partial charge on any atom is 0.135 e. The molecule has 76 heavy (non-hydrogen) atoms. The van der Waals surface area contributed by atoms with E-state index in [0.717, 1.165) is 83.9 Å². The van der Waals surface area contributed by atoms with E-state index in [1.807, 2.05) is 0 Å². The molecular weight excluding hydrogens is 925 g/mol. The van der Waals surface area contributed by atoms with E-state index in [1.54, 1.807) is 0 Å². The highest BCUT2D eigenvalue weighted by molar-refractivity contribution is 6.13. The predicted molar refractivity (Wildman–Crippen MR) is 326 cm³/mol. The Kier molecular flexibility index (Phi) is 12.9. The Morgan fingerprint density at radius 3 is 1.36 bits per heavy atom. The standard InChI is InChI=1S/C72H70N2O2/c1-8-10-20-40-71(4,5)47-52(72(6,7)41-21-11-9-2)33-30-50(51-32-37-68-60(44-51)62-46-54(35-39-70(62)76-68)74-65-28-18-14-24-57(65)58-25-15-19-29-66(58)74)42-48(3)49-31-36-67-59(43-49)61-45-53(34-38-69(61)75-67)73-63-26-16-12-22-55(63)56-23-13-17-27-64(56)73/h12-19,22-39,42-46,52H,3,8-11,20-21,40-41,47H2,1-2,4-7H3/b33-30+,50-42+. The Morgan fingerprint density at radius 2 is 0.882 bits per heavy atom. The van der Waals surface area contributed by atoms with Crippen LogP contribution in [0.1, 0.15) is 110 Å². The van der Waals surface area contributed by atoms with Crippen molar-refractivity contribution in [3.05, 3.63) is 206 Å². The molecule has 0 aliphatic heterocycles. The minimum absolute atomic E-state index is 0.120. The van der Waals surface area contributed by atoms with Crippen LogP contribution in [-0.4, -0.2) is 9.13 Å². The highest BCUT2D eigenvalue weighted by Crippen LogP contribution is 2.45.